The van der Waals surface area contributed by atoms with Crippen molar-refractivity contribution in [1.29, 1.82) is 0 Å². The Hall–Kier alpha value is 0.0569. The van der Waals surface area contributed by atoms with E-state index in [1.807, 2.05) is 20.8 Å². The fraction of sp³-hybridized carbons (Fsp3) is 1.00. The average molecular weight is 263 g/mol. The maximum Gasteiger partial charge on any atom is 0.503 e. The van der Waals surface area contributed by atoms with E-state index in [2.05, 4.69) is 19.2 Å². The van der Waals surface area contributed by atoms with Gasteiger partial charge >= 0.3 is 8.80 Å². The van der Waals surface area contributed by atoms with Crippen LogP contribution < -0.4 is 5.32 Å². The van der Waals surface area contributed by atoms with Gasteiger partial charge in [0.15, 0.2) is 0 Å². The van der Waals surface area contributed by atoms with Crippen LogP contribution in [0.5, 0.6) is 0 Å². The molecule has 0 saturated carbocycles. The highest BCUT2D eigenvalue weighted by molar-refractivity contribution is 6.62. The van der Waals surface area contributed by atoms with Crippen molar-refractivity contribution in [1.82, 2.24) is 5.32 Å². The summed E-state index contributed by atoms with van der Waals surface area (Å²) in [5.74, 6) is 0. The Morgan fingerprint density at radius 2 is 1.41 bits per heavy atom. The lowest BCUT2D eigenvalue weighted by atomic mass is 10.3. The molecule has 0 amide bonds. The molecule has 0 radical (unpaired) electrons. The molecule has 0 saturated heterocycles. The van der Waals surface area contributed by atoms with Gasteiger partial charge in [0, 0.05) is 25.4 Å². The normalized spacial score (nSPS) is 13.9. The Morgan fingerprint density at radius 3 is 1.76 bits per heavy atom. The molecule has 0 aliphatic rings. The molecule has 4 nitrogen and oxygen atoms in total. The zero-order chi connectivity index (χ0) is 13.1. The quantitative estimate of drug-likeness (QED) is 0.459. The molecular formula is C12H29NO3Si. The van der Waals surface area contributed by atoms with Crippen LogP contribution in [-0.4, -0.2) is 41.7 Å². The predicted octanol–water partition coefficient (Wildman–Crippen LogP) is 2.42. The van der Waals surface area contributed by atoms with Crippen LogP contribution in [0.3, 0.4) is 0 Å². The fourth-order valence-electron chi connectivity index (χ4n) is 1.83. The van der Waals surface area contributed by atoms with Crippen molar-refractivity contribution in [3.63, 3.8) is 0 Å². The van der Waals surface area contributed by atoms with Gasteiger partial charge in [-0.25, -0.2) is 0 Å². The minimum Gasteiger partial charge on any atom is -0.374 e. The Bertz CT molecular complexity index is 164. The highest BCUT2D eigenvalue weighted by Gasteiger charge is 2.46. The Kier molecular flexibility index (Phi) is 10.1. The van der Waals surface area contributed by atoms with E-state index >= 15 is 0 Å². The second kappa shape index (κ2) is 10.0. The first-order valence-electron chi connectivity index (χ1n) is 6.79. The monoisotopic (exact) mass is 263 g/mol. The maximum atomic E-state index is 5.87. The van der Waals surface area contributed by atoms with Crippen LogP contribution in [0.15, 0.2) is 0 Å². The van der Waals surface area contributed by atoms with Crippen LogP contribution >= 0.6 is 0 Å². The second-order valence-electron chi connectivity index (χ2n) is 3.95. The topological polar surface area (TPSA) is 39.7 Å². The summed E-state index contributed by atoms with van der Waals surface area (Å²) in [6.07, 6.45) is 1.03. The van der Waals surface area contributed by atoms with Crippen molar-refractivity contribution < 1.29 is 13.3 Å². The third kappa shape index (κ3) is 5.97. The van der Waals surface area contributed by atoms with Crippen molar-refractivity contribution in [2.75, 3.05) is 32.9 Å². The minimum atomic E-state index is -2.49. The molecular weight excluding hydrogens is 234 g/mol. The summed E-state index contributed by atoms with van der Waals surface area (Å²) in [4.78, 5) is 0. The van der Waals surface area contributed by atoms with Crippen LogP contribution in [0.4, 0.5) is 0 Å². The van der Waals surface area contributed by atoms with Crippen LogP contribution in [0, 0.1) is 0 Å². The molecule has 1 unspecified atom stereocenters. The summed E-state index contributed by atoms with van der Waals surface area (Å²) in [5, 5.41) is 3.33. The van der Waals surface area contributed by atoms with E-state index < -0.39 is 8.80 Å². The Morgan fingerprint density at radius 1 is 0.941 bits per heavy atom. The van der Waals surface area contributed by atoms with Crippen LogP contribution in [0.1, 0.15) is 41.0 Å². The van der Waals surface area contributed by atoms with Crippen LogP contribution in [0.2, 0.25) is 5.54 Å². The number of hydrogen-bond acceptors (Lipinski definition) is 4. The zero-order valence-corrected chi connectivity index (χ0v) is 13.0. The number of hydrogen-bond donors (Lipinski definition) is 1. The van der Waals surface area contributed by atoms with Crippen molar-refractivity contribution in [2.45, 2.75) is 46.6 Å². The number of nitrogens with one attached hydrogen (secondary N) is 1. The highest BCUT2D eigenvalue weighted by atomic mass is 28.4. The summed E-state index contributed by atoms with van der Waals surface area (Å²) in [6, 6.07) is 0. The summed E-state index contributed by atoms with van der Waals surface area (Å²) in [7, 11) is -2.49. The lowest BCUT2D eigenvalue weighted by Crippen LogP contribution is -2.50. The summed E-state index contributed by atoms with van der Waals surface area (Å²) in [5.41, 5.74) is 0.335. The Balaban J connectivity index is 4.48. The van der Waals surface area contributed by atoms with E-state index in [-0.39, 0.29) is 0 Å². The van der Waals surface area contributed by atoms with Crippen molar-refractivity contribution in [3.8, 4) is 0 Å². The Labute approximate surface area is 107 Å². The molecule has 0 fully saturated rings. The van der Waals surface area contributed by atoms with Gasteiger partial charge in [-0.3, -0.25) is 0 Å². The minimum absolute atomic E-state index is 0.335. The lowest BCUT2D eigenvalue weighted by molar-refractivity contribution is 0.0615. The molecule has 5 heteroatoms. The van der Waals surface area contributed by atoms with Gasteiger partial charge in [-0.1, -0.05) is 13.8 Å². The van der Waals surface area contributed by atoms with Gasteiger partial charge in [0.2, 0.25) is 0 Å². The SMILES string of the molecule is CCNCCC(C)[Si](OCC)(OCC)OCC. The number of rotatable bonds is 11. The highest BCUT2D eigenvalue weighted by Crippen LogP contribution is 2.28. The smallest absolute Gasteiger partial charge is 0.374 e. The van der Waals surface area contributed by atoms with E-state index in [0.29, 0.717) is 25.4 Å². The molecule has 0 rings (SSSR count). The molecule has 0 heterocycles. The van der Waals surface area contributed by atoms with Crippen molar-refractivity contribution in [2.24, 2.45) is 0 Å². The first-order valence-corrected chi connectivity index (χ1v) is 8.59. The third-order valence-corrected chi connectivity index (χ3v) is 6.21. The predicted molar refractivity (Wildman–Crippen MR) is 73.2 cm³/mol. The summed E-state index contributed by atoms with van der Waals surface area (Å²) in [6.45, 7) is 14.2. The van der Waals surface area contributed by atoms with Crippen molar-refractivity contribution in [3.05, 3.63) is 0 Å². The van der Waals surface area contributed by atoms with E-state index in [1.54, 1.807) is 0 Å². The van der Waals surface area contributed by atoms with Gasteiger partial charge < -0.3 is 18.6 Å². The van der Waals surface area contributed by atoms with E-state index in [1.165, 1.54) is 0 Å². The molecule has 17 heavy (non-hydrogen) atoms. The van der Waals surface area contributed by atoms with Crippen LogP contribution in [0.25, 0.3) is 0 Å². The third-order valence-electron chi connectivity index (χ3n) is 2.64. The van der Waals surface area contributed by atoms with Gasteiger partial charge in [0.1, 0.15) is 0 Å². The van der Waals surface area contributed by atoms with Gasteiger partial charge in [0.05, 0.1) is 0 Å². The molecule has 0 aromatic heterocycles. The lowest BCUT2D eigenvalue weighted by Gasteiger charge is -2.33. The van der Waals surface area contributed by atoms with Crippen LogP contribution in [-0.2, 0) is 13.3 Å². The standard InChI is InChI=1S/C12H29NO3Si/c1-6-13-11-10-12(5)17(14-7-2,15-8-3)16-9-4/h12-13H,6-11H2,1-5H3. The molecule has 0 spiro atoms. The summed E-state index contributed by atoms with van der Waals surface area (Å²) >= 11 is 0. The molecule has 0 aromatic rings. The zero-order valence-electron chi connectivity index (χ0n) is 12.0. The molecule has 0 aromatic carbocycles. The molecule has 0 bridgehead atoms. The molecule has 1 N–H and O–H groups in total. The van der Waals surface area contributed by atoms with Gasteiger partial charge in [-0.05, 0) is 40.3 Å². The fourth-order valence-corrected chi connectivity index (χ4v) is 4.64. The first kappa shape index (κ1) is 17.1. The van der Waals surface area contributed by atoms with Gasteiger partial charge in [0.25, 0.3) is 0 Å². The molecule has 0 aliphatic heterocycles. The summed E-state index contributed by atoms with van der Waals surface area (Å²) < 4.78 is 17.6. The van der Waals surface area contributed by atoms with Crippen molar-refractivity contribution >= 4 is 8.80 Å². The largest absolute Gasteiger partial charge is 0.503 e. The maximum absolute atomic E-state index is 5.87. The molecule has 104 valence electrons. The average Bonchev–Trinajstić information content (AvgIpc) is 2.30. The molecule has 0 aliphatic carbocycles. The van der Waals surface area contributed by atoms with E-state index in [9.17, 15) is 0 Å². The van der Waals surface area contributed by atoms with E-state index in [0.717, 1.165) is 19.5 Å². The van der Waals surface area contributed by atoms with Gasteiger partial charge in [-0.15, -0.1) is 0 Å². The van der Waals surface area contributed by atoms with E-state index in [4.69, 9.17) is 13.3 Å². The first-order chi connectivity index (χ1) is 8.16. The van der Waals surface area contributed by atoms with Gasteiger partial charge in [-0.2, -0.15) is 0 Å². The second-order valence-corrected chi connectivity index (χ2v) is 7.00. The molecule has 1 atom stereocenters.